The van der Waals surface area contributed by atoms with Crippen molar-refractivity contribution in [1.29, 1.82) is 0 Å². The average molecular weight is 1350 g/mol. The zero-order valence-corrected chi connectivity index (χ0v) is 63.2. The van der Waals surface area contributed by atoms with Crippen molar-refractivity contribution in [3.05, 3.63) is 12.2 Å². The minimum atomic E-state index is -2.30. The molecule has 0 spiro atoms. The van der Waals surface area contributed by atoms with Crippen molar-refractivity contribution in [1.82, 2.24) is 60.9 Å². The predicted octanol–water partition coefficient (Wildman–Crippen LogP) is 5.13. The molecule has 0 bridgehead atoms. The fourth-order valence-corrected chi connectivity index (χ4v) is 12.2. The summed E-state index contributed by atoms with van der Waals surface area (Å²) in [6, 6.07) is -11.7. The SMILES string of the molecule is C/C=C/C[C@@H](C)[C@@H](O)[C@H]1C(=O)N[C@@H](CC)C(=O)N(C)CC(=O)N(C)[C@@H](CC(C)C)C(=O)N[C@@H](C(C)C)C(=O)N(C)[C@@H](CC(C)C)C(=O)N[C@@H](C)C(=O)N[C@H](C)C(=O)N(C)[C@@H](CC(C)C)C(=O)N(C)[C@@H](CC(C)C)C(=O)N(C)[C@](OC(C)NC(C)CCCC)(C(C)C)C(=O)N1C. The number of ether oxygens (including phenoxy) is 1. The summed E-state index contributed by atoms with van der Waals surface area (Å²) in [7, 11) is 9.85. The van der Waals surface area contributed by atoms with E-state index in [4.69, 9.17) is 4.74 Å². The van der Waals surface area contributed by atoms with Gasteiger partial charge in [0.05, 0.1) is 12.6 Å². The Kier molecular flexibility index (Phi) is 36.4. The molecule has 1 aliphatic heterocycles. The monoisotopic (exact) mass is 1340 g/mol. The topological polar surface area (TPSA) is 300 Å². The highest BCUT2D eigenvalue weighted by atomic mass is 16.5. The first-order valence-electron chi connectivity index (χ1n) is 34.7. The molecule has 95 heavy (non-hydrogen) atoms. The van der Waals surface area contributed by atoms with Gasteiger partial charge in [-0.3, -0.25) is 58.1 Å². The number of nitrogens with zero attached hydrogens (tertiary/aromatic N) is 7. The van der Waals surface area contributed by atoms with E-state index in [1.54, 1.807) is 67.5 Å². The van der Waals surface area contributed by atoms with Gasteiger partial charge in [0.1, 0.15) is 60.6 Å². The van der Waals surface area contributed by atoms with Gasteiger partial charge in [-0.2, -0.15) is 0 Å². The number of aliphatic hydroxyl groups excluding tert-OH is 1. The Balaban J connectivity index is 4.65. The molecular weight excluding hydrogens is 1220 g/mol. The Hall–Kier alpha value is -6.21. The Morgan fingerprint density at radius 1 is 0.558 bits per heavy atom. The molecule has 0 aromatic heterocycles. The van der Waals surface area contributed by atoms with Gasteiger partial charge in [-0.1, -0.05) is 129 Å². The number of aliphatic hydroxyl groups is 1. The van der Waals surface area contributed by atoms with Crippen LogP contribution in [0.3, 0.4) is 0 Å². The van der Waals surface area contributed by atoms with Crippen molar-refractivity contribution in [2.45, 2.75) is 275 Å². The summed E-state index contributed by atoms with van der Waals surface area (Å²) in [5.74, 6) is -10.8. The molecule has 1 heterocycles. The molecule has 1 aliphatic rings. The quantitative estimate of drug-likeness (QED) is 0.0606. The van der Waals surface area contributed by atoms with Crippen LogP contribution >= 0.6 is 0 Å². The van der Waals surface area contributed by atoms with Crippen molar-refractivity contribution >= 4 is 65.0 Å². The highest BCUT2D eigenvalue weighted by Crippen LogP contribution is 2.34. The van der Waals surface area contributed by atoms with Crippen molar-refractivity contribution in [3.63, 3.8) is 0 Å². The van der Waals surface area contributed by atoms with E-state index in [0.29, 0.717) is 0 Å². The molecule has 546 valence electrons. The third-order valence-corrected chi connectivity index (χ3v) is 18.2. The molecule has 0 saturated carbocycles. The van der Waals surface area contributed by atoms with E-state index in [9.17, 15) is 38.7 Å². The number of allylic oxidation sites excluding steroid dienone is 2. The van der Waals surface area contributed by atoms with E-state index in [1.165, 1.54) is 87.7 Å². The summed E-state index contributed by atoms with van der Waals surface area (Å²) in [4.78, 5) is 173. The van der Waals surface area contributed by atoms with Gasteiger partial charge in [0.15, 0.2) is 0 Å². The standard InChI is InChI=1S/C70H128N12O13/c1-28-31-33-46(16)59(84)58-63(88)74-51(30-3)65(90)76(21)39-56(83)77(22)52(35-40(4)5)62(87)75-57(44(12)13)68(93)78(23)53(36-41(6)7)61(86)72-48(18)60(85)73-49(19)64(89)79(24)54(37-42(8)9)66(91)80(25)55(38-43(10)11)67(92)82(27)70(45(14)15,69(94)81(58)26)95-50(20)71-47(17)34-32-29-2/h28,31,40-55,57-59,71,84H,29-30,32-39H2,1-27H3,(H,72,86)(H,73,85)(H,74,88)(H,75,87)/b31-28+/t46-,47?,48+,49-,50?,51+,52+,53+,54+,55+,57+,58+,59-,70+/m1/s1. The van der Waals surface area contributed by atoms with Gasteiger partial charge in [0.25, 0.3) is 5.91 Å². The van der Waals surface area contributed by atoms with Crippen molar-refractivity contribution in [2.24, 2.45) is 41.4 Å². The Morgan fingerprint density at radius 3 is 1.49 bits per heavy atom. The third kappa shape index (κ3) is 24.4. The van der Waals surface area contributed by atoms with Crippen LogP contribution in [0.25, 0.3) is 0 Å². The molecular formula is C70H128N12O13. The molecule has 1 fully saturated rings. The average Bonchev–Trinajstić information content (AvgIpc) is 0.755. The van der Waals surface area contributed by atoms with E-state index in [-0.39, 0.29) is 68.2 Å². The van der Waals surface area contributed by atoms with Gasteiger partial charge in [-0.15, -0.1) is 0 Å². The number of unbranched alkanes of at least 4 members (excludes halogenated alkanes) is 1. The molecule has 6 N–H and O–H groups in total. The zero-order valence-electron chi connectivity index (χ0n) is 63.2. The lowest BCUT2D eigenvalue weighted by Crippen LogP contribution is -2.71. The van der Waals surface area contributed by atoms with Crippen LogP contribution in [0.4, 0.5) is 0 Å². The van der Waals surface area contributed by atoms with E-state index in [1.807, 2.05) is 62.3 Å². The second-order valence-corrected chi connectivity index (χ2v) is 29.1. The molecule has 25 nitrogen and oxygen atoms in total. The predicted molar refractivity (Wildman–Crippen MR) is 370 cm³/mol. The summed E-state index contributed by atoms with van der Waals surface area (Å²) < 4.78 is 6.99. The number of carbonyl (C=O) groups excluding carboxylic acids is 11. The Morgan fingerprint density at radius 2 is 1.02 bits per heavy atom. The summed E-state index contributed by atoms with van der Waals surface area (Å²) in [6.07, 6.45) is 4.30. The molecule has 11 amide bonds. The molecule has 0 aromatic rings. The zero-order chi connectivity index (χ0) is 73.6. The highest BCUT2D eigenvalue weighted by Gasteiger charge is 2.56. The van der Waals surface area contributed by atoms with Gasteiger partial charge in [-0.25, -0.2) is 0 Å². The van der Waals surface area contributed by atoms with E-state index < -0.39 is 162 Å². The lowest BCUT2D eigenvalue weighted by atomic mass is 9.89. The van der Waals surface area contributed by atoms with Crippen LogP contribution in [0.2, 0.25) is 0 Å². The number of likely N-dealkylation sites (N-methyl/N-ethyl adjacent to an activating group) is 7. The highest BCUT2D eigenvalue weighted by molar-refractivity contribution is 6.00. The summed E-state index contributed by atoms with van der Waals surface area (Å²) in [6.45, 7) is 35.0. The minimum Gasteiger partial charge on any atom is -0.390 e. The molecule has 0 radical (unpaired) electrons. The van der Waals surface area contributed by atoms with Crippen LogP contribution in [-0.4, -0.2) is 239 Å². The van der Waals surface area contributed by atoms with E-state index in [2.05, 4.69) is 33.5 Å². The van der Waals surface area contributed by atoms with Gasteiger partial charge in [0.2, 0.25) is 64.8 Å². The van der Waals surface area contributed by atoms with E-state index in [0.717, 1.165) is 29.1 Å². The first-order valence-corrected chi connectivity index (χ1v) is 34.7. The molecule has 1 rings (SSSR count). The smallest absolute Gasteiger partial charge is 0.277 e. The van der Waals surface area contributed by atoms with Crippen LogP contribution in [0, 0.1) is 41.4 Å². The summed E-state index contributed by atoms with van der Waals surface area (Å²) in [5.41, 5.74) is -2.30. The van der Waals surface area contributed by atoms with Gasteiger partial charge < -0.3 is 65.4 Å². The maximum absolute atomic E-state index is 16.3. The second kappa shape index (κ2) is 39.9. The number of rotatable bonds is 22. The number of nitrogens with one attached hydrogen (secondary N) is 5. The number of carbonyl (C=O) groups is 11. The summed E-state index contributed by atoms with van der Waals surface area (Å²) in [5, 5.41) is 27.0. The van der Waals surface area contributed by atoms with Crippen molar-refractivity contribution in [2.75, 3.05) is 55.9 Å². The van der Waals surface area contributed by atoms with Crippen LogP contribution in [-0.2, 0) is 57.5 Å². The van der Waals surface area contributed by atoms with Crippen LogP contribution < -0.4 is 26.6 Å². The number of amides is 11. The fraction of sp³-hybridized carbons (Fsp3) is 0.814. The lowest BCUT2D eigenvalue weighted by molar-refractivity contribution is -0.223. The molecule has 25 heteroatoms. The molecule has 1 saturated heterocycles. The second-order valence-electron chi connectivity index (χ2n) is 29.1. The fourth-order valence-electron chi connectivity index (χ4n) is 12.2. The van der Waals surface area contributed by atoms with E-state index >= 15 is 19.2 Å². The first-order chi connectivity index (χ1) is 43.9. The van der Waals surface area contributed by atoms with Crippen molar-refractivity contribution < 1.29 is 62.6 Å². The lowest BCUT2D eigenvalue weighted by Gasteiger charge is -2.49. The van der Waals surface area contributed by atoms with Crippen LogP contribution in [0.1, 0.15) is 196 Å². The van der Waals surface area contributed by atoms with Gasteiger partial charge in [0, 0.05) is 61.3 Å². The molecule has 0 aromatic carbocycles. The van der Waals surface area contributed by atoms with Crippen LogP contribution in [0.5, 0.6) is 0 Å². The normalized spacial score (nSPS) is 26.8. The van der Waals surface area contributed by atoms with Gasteiger partial charge >= 0.3 is 0 Å². The largest absolute Gasteiger partial charge is 0.390 e. The van der Waals surface area contributed by atoms with Crippen molar-refractivity contribution in [3.8, 4) is 0 Å². The summed E-state index contributed by atoms with van der Waals surface area (Å²) >= 11 is 0. The maximum atomic E-state index is 16.3. The molecule has 2 unspecified atom stereocenters. The molecule has 0 aliphatic carbocycles. The number of hydrogen-bond donors (Lipinski definition) is 6. The first kappa shape index (κ1) is 86.8. The molecule has 14 atom stereocenters. The van der Waals surface area contributed by atoms with Crippen LogP contribution in [0.15, 0.2) is 12.2 Å². The minimum absolute atomic E-state index is 0.0150. The third-order valence-electron chi connectivity index (χ3n) is 18.2. The Labute approximate surface area is 570 Å². The number of hydrogen-bond acceptors (Lipinski definition) is 14. The maximum Gasteiger partial charge on any atom is 0.277 e. The van der Waals surface area contributed by atoms with Gasteiger partial charge in [-0.05, 0) is 115 Å². The Bertz CT molecular complexity index is 2580.